The lowest BCUT2D eigenvalue weighted by Crippen LogP contribution is -2.25. The fourth-order valence-electron chi connectivity index (χ4n) is 2.94. The lowest BCUT2D eigenvalue weighted by atomic mass is 9.92. The summed E-state index contributed by atoms with van der Waals surface area (Å²) in [4.78, 5) is 12.8. The van der Waals surface area contributed by atoms with Gasteiger partial charge in [0.15, 0.2) is 0 Å². The smallest absolute Gasteiger partial charge is 0.339 e. The number of esters is 1. The van der Waals surface area contributed by atoms with Crippen molar-refractivity contribution in [2.75, 3.05) is 11.9 Å². The normalized spacial score (nSPS) is 12.1. The Labute approximate surface area is 162 Å². The van der Waals surface area contributed by atoms with Crippen LogP contribution in [0.1, 0.15) is 45.2 Å². The summed E-state index contributed by atoms with van der Waals surface area (Å²) in [6, 6.07) is 17.9. The molecule has 3 nitrogen and oxygen atoms in total. The summed E-state index contributed by atoms with van der Waals surface area (Å²) in [6.45, 7) is 12.2. The molecule has 2 rings (SSSR count). The first-order valence-electron chi connectivity index (χ1n) is 9.31. The van der Waals surface area contributed by atoms with Gasteiger partial charge in [-0.1, -0.05) is 62.0 Å². The lowest BCUT2D eigenvalue weighted by Gasteiger charge is -2.22. The van der Waals surface area contributed by atoms with Crippen LogP contribution in [-0.2, 0) is 9.53 Å². The third-order valence-electron chi connectivity index (χ3n) is 4.01. The van der Waals surface area contributed by atoms with Crippen LogP contribution in [0.4, 0.5) is 5.69 Å². The number of hydrogen-bond donors (Lipinski definition) is 1. The maximum atomic E-state index is 12.8. The molecule has 0 fully saturated rings. The van der Waals surface area contributed by atoms with E-state index in [0.29, 0.717) is 5.57 Å². The second kappa shape index (κ2) is 9.22. The standard InChI is InChI=1S/C24H29NO2/c1-6-17-27-23(26)22(21(7-2)18-11-9-8-10-12-18)19-13-15-20(16-14-19)25-24(3,4)5/h6,8-16,25H,1,7,17H2,2-5H3/b22-21+. The fourth-order valence-corrected chi connectivity index (χ4v) is 2.94. The summed E-state index contributed by atoms with van der Waals surface area (Å²) in [5.41, 5.74) is 4.45. The summed E-state index contributed by atoms with van der Waals surface area (Å²) < 4.78 is 5.39. The topological polar surface area (TPSA) is 38.3 Å². The van der Waals surface area contributed by atoms with E-state index in [-0.39, 0.29) is 18.1 Å². The molecule has 0 spiro atoms. The van der Waals surface area contributed by atoms with Crippen LogP contribution in [0.15, 0.2) is 67.3 Å². The van der Waals surface area contributed by atoms with Crippen molar-refractivity contribution in [1.82, 2.24) is 0 Å². The second-order valence-electron chi connectivity index (χ2n) is 7.41. The molecule has 2 aromatic carbocycles. The van der Waals surface area contributed by atoms with E-state index in [4.69, 9.17) is 4.74 Å². The zero-order valence-corrected chi connectivity index (χ0v) is 16.7. The van der Waals surface area contributed by atoms with Gasteiger partial charge in [0.2, 0.25) is 0 Å². The molecule has 0 bridgehead atoms. The van der Waals surface area contributed by atoms with Gasteiger partial charge in [0, 0.05) is 11.2 Å². The zero-order chi connectivity index (χ0) is 19.9. The number of rotatable bonds is 7. The minimum absolute atomic E-state index is 0.0261. The van der Waals surface area contributed by atoms with Gasteiger partial charge in [-0.15, -0.1) is 0 Å². The Morgan fingerprint density at radius 2 is 1.67 bits per heavy atom. The molecule has 0 radical (unpaired) electrons. The van der Waals surface area contributed by atoms with Crippen molar-refractivity contribution in [1.29, 1.82) is 0 Å². The zero-order valence-electron chi connectivity index (χ0n) is 16.7. The molecule has 27 heavy (non-hydrogen) atoms. The molecule has 2 aromatic rings. The molecular weight excluding hydrogens is 334 g/mol. The number of carbonyl (C=O) groups is 1. The van der Waals surface area contributed by atoms with Crippen LogP contribution in [0.3, 0.4) is 0 Å². The van der Waals surface area contributed by atoms with Crippen molar-refractivity contribution < 1.29 is 9.53 Å². The van der Waals surface area contributed by atoms with Crippen molar-refractivity contribution in [3.05, 3.63) is 78.4 Å². The average Bonchev–Trinajstić information content (AvgIpc) is 2.64. The van der Waals surface area contributed by atoms with Crippen LogP contribution >= 0.6 is 0 Å². The van der Waals surface area contributed by atoms with Crippen molar-refractivity contribution >= 4 is 22.8 Å². The highest BCUT2D eigenvalue weighted by Crippen LogP contribution is 2.31. The summed E-state index contributed by atoms with van der Waals surface area (Å²) in [5, 5.41) is 3.44. The fraction of sp³-hybridized carbons (Fsp3) is 0.292. The molecule has 0 aliphatic carbocycles. The average molecular weight is 364 g/mol. The van der Waals surface area contributed by atoms with E-state index in [1.807, 2.05) is 54.6 Å². The van der Waals surface area contributed by atoms with Crippen molar-refractivity contribution in [2.45, 2.75) is 39.7 Å². The van der Waals surface area contributed by atoms with Gasteiger partial charge in [0.1, 0.15) is 6.61 Å². The molecule has 0 unspecified atom stereocenters. The maximum absolute atomic E-state index is 12.8. The molecule has 1 N–H and O–H groups in total. The van der Waals surface area contributed by atoms with Gasteiger partial charge >= 0.3 is 5.97 Å². The molecular formula is C24H29NO2. The molecule has 0 amide bonds. The predicted molar refractivity (Wildman–Crippen MR) is 115 cm³/mol. The summed E-state index contributed by atoms with van der Waals surface area (Å²) in [6.07, 6.45) is 2.31. The number of anilines is 1. The van der Waals surface area contributed by atoms with Gasteiger partial charge in [-0.2, -0.15) is 0 Å². The van der Waals surface area contributed by atoms with E-state index in [0.717, 1.165) is 28.8 Å². The van der Waals surface area contributed by atoms with Crippen LogP contribution in [0.2, 0.25) is 0 Å². The Morgan fingerprint density at radius 3 is 2.19 bits per heavy atom. The SMILES string of the molecule is C=CCOC(=O)/C(=C(\CC)c1ccccc1)c1ccc(NC(C)(C)C)cc1. The van der Waals surface area contributed by atoms with Crippen LogP contribution < -0.4 is 5.32 Å². The van der Waals surface area contributed by atoms with E-state index in [9.17, 15) is 4.79 Å². The summed E-state index contributed by atoms with van der Waals surface area (Å²) in [7, 11) is 0. The number of hydrogen-bond acceptors (Lipinski definition) is 3. The molecule has 0 aliphatic heterocycles. The van der Waals surface area contributed by atoms with Crippen LogP contribution in [0.25, 0.3) is 11.1 Å². The van der Waals surface area contributed by atoms with Crippen molar-refractivity contribution in [3.63, 3.8) is 0 Å². The Bertz CT molecular complexity index is 797. The Hall–Kier alpha value is -2.81. The van der Waals surface area contributed by atoms with E-state index < -0.39 is 0 Å². The number of carbonyl (C=O) groups excluding carboxylic acids is 1. The van der Waals surface area contributed by atoms with Gasteiger partial charge in [-0.05, 0) is 56.0 Å². The molecule has 0 saturated heterocycles. The van der Waals surface area contributed by atoms with Crippen LogP contribution in [0.5, 0.6) is 0 Å². The monoisotopic (exact) mass is 363 g/mol. The predicted octanol–water partition coefficient (Wildman–Crippen LogP) is 5.95. The van der Waals surface area contributed by atoms with Gasteiger partial charge in [0.25, 0.3) is 0 Å². The van der Waals surface area contributed by atoms with E-state index in [1.165, 1.54) is 0 Å². The highest BCUT2D eigenvalue weighted by molar-refractivity contribution is 6.24. The van der Waals surface area contributed by atoms with Gasteiger partial charge < -0.3 is 10.1 Å². The number of benzene rings is 2. The lowest BCUT2D eigenvalue weighted by molar-refractivity contribution is -0.135. The third kappa shape index (κ3) is 5.85. The Kier molecular flexibility index (Phi) is 7.00. The first-order valence-corrected chi connectivity index (χ1v) is 9.31. The molecule has 0 aliphatic rings. The largest absolute Gasteiger partial charge is 0.458 e. The summed E-state index contributed by atoms with van der Waals surface area (Å²) >= 11 is 0. The first-order chi connectivity index (χ1) is 12.9. The van der Waals surface area contributed by atoms with Gasteiger partial charge in [-0.25, -0.2) is 4.79 Å². The third-order valence-corrected chi connectivity index (χ3v) is 4.01. The molecule has 0 heterocycles. The van der Waals surface area contributed by atoms with E-state index in [2.05, 4.69) is 39.6 Å². The number of nitrogens with one attached hydrogen (secondary N) is 1. The summed E-state index contributed by atoms with van der Waals surface area (Å²) in [5.74, 6) is -0.327. The van der Waals surface area contributed by atoms with Crippen LogP contribution in [0, 0.1) is 0 Å². The van der Waals surface area contributed by atoms with Crippen LogP contribution in [-0.4, -0.2) is 18.1 Å². The number of allylic oxidation sites excluding steroid dienone is 1. The molecule has 0 saturated carbocycles. The van der Waals surface area contributed by atoms with Gasteiger partial charge in [-0.3, -0.25) is 0 Å². The molecule has 3 heteroatoms. The van der Waals surface area contributed by atoms with Crippen molar-refractivity contribution in [2.24, 2.45) is 0 Å². The molecule has 0 atom stereocenters. The highest BCUT2D eigenvalue weighted by Gasteiger charge is 2.19. The Balaban J connectivity index is 2.51. The second-order valence-corrected chi connectivity index (χ2v) is 7.41. The highest BCUT2D eigenvalue weighted by atomic mass is 16.5. The molecule has 0 aromatic heterocycles. The minimum Gasteiger partial charge on any atom is -0.458 e. The molecule has 142 valence electrons. The van der Waals surface area contributed by atoms with Gasteiger partial charge in [0.05, 0.1) is 5.57 Å². The first kappa shape index (κ1) is 20.5. The minimum atomic E-state index is -0.327. The Morgan fingerprint density at radius 1 is 1.04 bits per heavy atom. The van der Waals surface area contributed by atoms with E-state index in [1.54, 1.807) is 6.08 Å². The van der Waals surface area contributed by atoms with E-state index >= 15 is 0 Å². The quantitative estimate of drug-likeness (QED) is 0.286. The van der Waals surface area contributed by atoms with Crippen molar-refractivity contribution in [3.8, 4) is 0 Å². The number of ether oxygens (including phenoxy) is 1. The maximum Gasteiger partial charge on any atom is 0.339 e.